The highest BCUT2D eigenvalue weighted by molar-refractivity contribution is 5.92. The molecule has 1 aliphatic rings. The van der Waals surface area contributed by atoms with Crippen molar-refractivity contribution in [2.45, 2.75) is 38.3 Å². The largest absolute Gasteiger partial charge is 0.481 e. The summed E-state index contributed by atoms with van der Waals surface area (Å²) >= 11 is 0. The van der Waals surface area contributed by atoms with Gasteiger partial charge in [0.2, 0.25) is 5.91 Å². The lowest BCUT2D eigenvalue weighted by molar-refractivity contribution is -0.140. The normalized spacial score (nSPS) is 18.6. The summed E-state index contributed by atoms with van der Waals surface area (Å²) in [5.74, 6) is -2.79. The molecule has 9 heteroatoms. The molecule has 4 N–H and O–H groups in total. The fourth-order valence-corrected chi connectivity index (χ4v) is 2.01. The van der Waals surface area contributed by atoms with Gasteiger partial charge < -0.3 is 25.7 Å². The molecule has 0 aromatic carbocycles. The first-order valence-corrected chi connectivity index (χ1v) is 6.47. The predicted octanol–water partition coefficient (Wildman–Crippen LogP) is -0.776. The highest BCUT2D eigenvalue weighted by Crippen LogP contribution is 2.17. The number of carboxylic acids is 2. The maximum absolute atomic E-state index is 12.1. The maximum atomic E-state index is 12.1. The molecule has 0 aromatic rings. The zero-order valence-electron chi connectivity index (χ0n) is 11.9. The van der Waals surface area contributed by atoms with Crippen LogP contribution in [0.3, 0.4) is 0 Å². The molecule has 0 aromatic heterocycles. The van der Waals surface area contributed by atoms with Gasteiger partial charge in [-0.05, 0) is 20.3 Å². The van der Waals surface area contributed by atoms with E-state index in [1.165, 1.54) is 4.90 Å². The van der Waals surface area contributed by atoms with Crippen molar-refractivity contribution in [3.63, 3.8) is 0 Å². The Morgan fingerprint density at radius 3 is 2.52 bits per heavy atom. The summed E-state index contributed by atoms with van der Waals surface area (Å²) in [5, 5.41) is 22.5. The predicted molar refractivity (Wildman–Crippen MR) is 70.6 cm³/mol. The maximum Gasteiger partial charge on any atom is 0.326 e. The Hall–Kier alpha value is -2.32. The Morgan fingerprint density at radius 2 is 2.00 bits per heavy atom. The molecule has 118 valence electrons. The first-order valence-electron chi connectivity index (χ1n) is 6.47. The molecule has 0 radical (unpaired) electrons. The number of aliphatic carboxylic acids is 2. The van der Waals surface area contributed by atoms with Crippen molar-refractivity contribution < 1.29 is 29.4 Å². The van der Waals surface area contributed by atoms with Gasteiger partial charge in [-0.2, -0.15) is 0 Å². The van der Waals surface area contributed by atoms with Crippen LogP contribution in [0.4, 0.5) is 4.79 Å². The number of hydrogen-bond acceptors (Lipinski definition) is 4. The lowest BCUT2D eigenvalue weighted by Crippen LogP contribution is -2.66. The van der Waals surface area contributed by atoms with Crippen LogP contribution in [-0.2, 0) is 14.4 Å². The van der Waals surface area contributed by atoms with Crippen LogP contribution in [0, 0.1) is 0 Å². The highest BCUT2D eigenvalue weighted by atomic mass is 16.4. The van der Waals surface area contributed by atoms with Crippen molar-refractivity contribution in [1.29, 1.82) is 0 Å². The van der Waals surface area contributed by atoms with E-state index in [-0.39, 0.29) is 31.8 Å². The number of hydrogen-bond donors (Lipinski definition) is 4. The van der Waals surface area contributed by atoms with E-state index in [9.17, 15) is 19.2 Å². The number of carboxylic acid groups (broad SMARTS) is 2. The number of rotatable bonds is 5. The summed E-state index contributed by atoms with van der Waals surface area (Å²) in [7, 11) is 0. The molecule has 1 fully saturated rings. The zero-order chi connectivity index (χ0) is 16.2. The average Bonchev–Trinajstić information content (AvgIpc) is 2.36. The molecule has 1 saturated heterocycles. The smallest absolute Gasteiger partial charge is 0.326 e. The van der Waals surface area contributed by atoms with E-state index in [1.54, 1.807) is 13.8 Å². The molecule has 0 bridgehead atoms. The molecule has 0 saturated carbocycles. The molecule has 0 spiro atoms. The second kappa shape index (κ2) is 6.42. The molecule has 9 nitrogen and oxygen atoms in total. The number of piperazine rings is 1. The van der Waals surface area contributed by atoms with E-state index < -0.39 is 29.6 Å². The summed E-state index contributed by atoms with van der Waals surface area (Å²) in [5.41, 5.74) is -1.10. The molecule has 1 aliphatic heterocycles. The number of nitrogens with zero attached hydrogens (tertiary/aromatic N) is 1. The molecule has 1 atom stereocenters. The zero-order valence-corrected chi connectivity index (χ0v) is 11.9. The van der Waals surface area contributed by atoms with Gasteiger partial charge in [0.1, 0.15) is 11.6 Å². The molecular formula is C12H19N3O6. The summed E-state index contributed by atoms with van der Waals surface area (Å²) in [6.07, 6.45) is -0.599. The highest BCUT2D eigenvalue weighted by Gasteiger charge is 2.41. The lowest BCUT2D eigenvalue weighted by Gasteiger charge is -2.41. The number of urea groups is 1. The fraction of sp³-hybridized carbons (Fsp3) is 0.667. The van der Waals surface area contributed by atoms with E-state index in [2.05, 4.69) is 10.6 Å². The molecule has 1 heterocycles. The van der Waals surface area contributed by atoms with Crippen LogP contribution in [0.15, 0.2) is 0 Å². The summed E-state index contributed by atoms with van der Waals surface area (Å²) in [6.45, 7) is 3.63. The van der Waals surface area contributed by atoms with Crippen molar-refractivity contribution in [2.75, 3.05) is 13.1 Å². The van der Waals surface area contributed by atoms with Crippen molar-refractivity contribution in [2.24, 2.45) is 0 Å². The lowest BCUT2D eigenvalue weighted by atomic mass is 9.99. The third-order valence-electron chi connectivity index (χ3n) is 3.34. The van der Waals surface area contributed by atoms with Crippen molar-refractivity contribution >= 4 is 23.9 Å². The van der Waals surface area contributed by atoms with Crippen LogP contribution in [-0.4, -0.2) is 63.7 Å². The van der Waals surface area contributed by atoms with E-state index in [1.807, 2.05) is 0 Å². The van der Waals surface area contributed by atoms with Crippen LogP contribution < -0.4 is 10.6 Å². The van der Waals surface area contributed by atoms with E-state index in [4.69, 9.17) is 10.2 Å². The number of carbonyl (C=O) groups excluding carboxylic acids is 2. The first kappa shape index (κ1) is 16.7. The standard InChI is InChI=1S/C12H19N3O6/c1-12(2)10(20)13-5-6-15(12)11(21)14-7(9(18)19)3-4-8(16)17/h7H,3-6H2,1-2H3,(H,13,20)(H,14,21)(H,16,17)(H,18,19)/t7-/m0/s1. The minimum Gasteiger partial charge on any atom is -0.481 e. The Balaban J connectivity index is 2.74. The Kier molecular flexibility index (Phi) is 5.12. The molecule has 21 heavy (non-hydrogen) atoms. The Morgan fingerprint density at radius 1 is 1.38 bits per heavy atom. The number of amides is 3. The van der Waals surface area contributed by atoms with E-state index in [0.29, 0.717) is 0 Å². The molecule has 0 aliphatic carbocycles. The monoisotopic (exact) mass is 301 g/mol. The quantitative estimate of drug-likeness (QED) is 0.526. The van der Waals surface area contributed by atoms with Crippen LogP contribution in [0.5, 0.6) is 0 Å². The van der Waals surface area contributed by atoms with Gasteiger partial charge in [-0.15, -0.1) is 0 Å². The summed E-state index contributed by atoms with van der Waals surface area (Å²) < 4.78 is 0. The minimum atomic E-state index is -1.32. The van der Waals surface area contributed by atoms with Crippen LogP contribution in [0.1, 0.15) is 26.7 Å². The van der Waals surface area contributed by atoms with Gasteiger partial charge in [-0.25, -0.2) is 9.59 Å². The van der Waals surface area contributed by atoms with Gasteiger partial charge in [-0.1, -0.05) is 0 Å². The van der Waals surface area contributed by atoms with Gasteiger partial charge >= 0.3 is 18.0 Å². The van der Waals surface area contributed by atoms with Gasteiger partial charge in [0.05, 0.1) is 0 Å². The third kappa shape index (κ3) is 4.07. The van der Waals surface area contributed by atoms with E-state index >= 15 is 0 Å². The Bertz CT molecular complexity index is 462. The molecule has 0 unspecified atom stereocenters. The Labute approximate surface area is 121 Å². The average molecular weight is 301 g/mol. The van der Waals surface area contributed by atoms with Gasteiger partial charge in [-0.3, -0.25) is 9.59 Å². The van der Waals surface area contributed by atoms with E-state index in [0.717, 1.165) is 0 Å². The van der Waals surface area contributed by atoms with Crippen molar-refractivity contribution in [3.8, 4) is 0 Å². The van der Waals surface area contributed by atoms with Gasteiger partial charge in [0.15, 0.2) is 0 Å². The molecular weight excluding hydrogens is 282 g/mol. The third-order valence-corrected chi connectivity index (χ3v) is 3.34. The minimum absolute atomic E-state index is 0.225. The number of nitrogens with one attached hydrogen (secondary N) is 2. The molecule has 1 rings (SSSR count). The van der Waals surface area contributed by atoms with Crippen molar-refractivity contribution in [1.82, 2.24) is 15.5 Å². The van der Waals surface area contributed by atoms with Crippen LogP contribution in [0.25, 0.3) is 0 Å². The first-order chi connectivity index (χ1) is 9.66. The molecule has 3 amide bonds. The SMILES string of the molecule is CC1(C)C(=O)NCCN1C(=O)N[C@@H](CCC(=O)O)C(=O)O. The topological polar surface area (TPSA) is 136 Å². The number of carbonyl (C=O) groups is 4. The van der Waals surface area contributed by atoms with Gasteiger partial charge in [0, 0.05) is 19.5 Å². The van der Waals surface area contributed by atoms with Crippen molar-refractivity contribution in [3.05, 3.63) is 0 Å². The van der Waals surface area contributed by atoms with Crippen LogP contribution >= 0.6 is 0 Å². The fourth-order valence-electron chi connectivity index (χ4n) is 2.01. The second-order valence-electron chi connectivity index (χ2n) is 5.24. The van der Waals surface area contributed by atoms with Gasteiger partial charge in [0.25, 0.3) is 0 Å². The summed E-state index contributed by atoms with van der Waals surface area (Å²) in [6, 6.07) is -2.01. The van der Waals surface area contributed by atoms with Crippen LogP contribution in [0.2, 0.25) is 0 Å². The second-order valence-corrected chi connectivity index (χ2v) is 5.24. The summed E-state index contributed by atoms with van der Waals surface area (Å²) in [4.78, 5) is 46.7.